The third kappa shape index (κ3) is 3.36. The second kappa shape index (κ2) is 5.51. The number of nitrogen functional groups attached to an aromatic ring is 1. The average molecular weight is 301 g/mol. The van der Waals surface area contributed by atoms with Crippen molar-refractivity contribution >= 4 is 5.69 Å². The summed E-state index contributed by atoms with van der Waals surface area (Å²) in [6, 6.07) is 6.30. The van der Waals surface area contributed by atoms with E-state index in [1.165, 1.54) is 13.2 Å². The molecule has 0 unspecified atom stereocenters. The van der Waals surface area contributed by atoms with Gasteiger partial charge < -0.3 is 15.2 Å². The smallest absolute Gasteiger partial charge is 0.416 e. The number of ether oxygens (including phenoxy) is 2. The first-order chi connectivity index (χ1) is 9.81. The van der Waals surface area contributed by atoms with E-state index < -0.39 is 17.6 Å². The lowest BCUT2D eigenvalue weighted by molar-refractivity contribution is -0.137. The molecule has 0 saturated carbocycles. The molecule has 0 aliphatic rings. The van der Waals surface area contributed by atoms with Crippen LogP contribution < -0.4 is 15.2 Å². The predicted octanol–water partition coefficient (Wildman–Crippen LogP) is 4.23. The maximum absolute atomic E-state index is 13.4. The summed E-state index contributed by atoms with van der Waals surface area (Å²) in [5, 5.41) is 0. The van der Waals surface area contributed by atoms with Gasteiger partial charge in [-0.25, -0.2) is 4.39 Å². The first-order valence-corrected chi connectivity index (χ1v) is 5.79. The van der Waals surface area contributed by atoms with Crippen LogP contribution in [0.2, 0.25) is 0 Å². The van der Waals surface area contributed by atoms with E-state index in [4.69, 9.17) is 15.2 Å². The summed E-state index contributed by atoms with van der Waals surface area (Å²) in [5.41, 5.74) is 4.81. The molecule has 0 fully saturated rings. The summed E-state index contributed by atoms with van der Waals surface area (Å²) in [5.74, 6) is -0.503. The highest BCUT2D eigenvalue weighted by Gasteiger charge is 2.30. The molecule has 2 rings (SSSR count). The Kier molecular flexibility index (Phi) is 3.93. The number of hydrogen-bond donors (Lipinski definition) is 1. The van der Waals surface area contributed by atoms with Crippen LogP contribution >= 0.6 is 0 Å². The van der Waals surface area contributed by atoms with Crippen molar-refractivity contribution in [3.05, 3.63) is 47.8 Å². The molecule has 0 spiro atoms. The molecule has 2 aromatic rings. The fraction of sp³-hybridized carbons (Fsp3) is 0.143. The standard InChI is InChI=1S/C14H11F4NO2/c1-20-12-7-13(11(19)6-10(12)15)21-9-4-2-8(3-5-9)14(16,17)18/h2-7H,19H2,1H3. The highest BCUT2D eigenvalue weighted by Crippen LogP contribution is 2.35. The summed E-state index contributed by atoms with van der Waals surface area (Å²) in [6.45, 7) is 0. The van der Waals surface area contributed by atoms with Crippen LogP contribution in [0.15, 0.2) is 36.4 Å². The molecule has 0 aliphatic carbocycles. The normalized spacial score (nSPS) is 11.3. The number of nitrogens with two attached hydrogens (primary N) is 1. The molecule has 0 heterocycles. The Labute approximate surface area is 117 Å². The van der Waals surface area contributed by atoms with Gasteiger partial charge in [0.05, 0.1) is 18.4 Å². The molecule has 0 bridgehead atoms. The Hall–Kier alpha value is -2.44. The molecule has 2 N–H and O–H groups in total. The second-order valence-corrected chi connectivity index (χ2v) is 4.15. The molecule has 0 radical (unpaired) electrons. The van der Waals surface area contributed by atoms with Crippen LogP contribution in [0.4, 0.5) is 23.2 Å². The zero-order valence-electron chi connectivity index (χ0n) is 10.9. The van der Waals surface area contributed by atoms with Crippen molar-refractivity contribution in [1.29, 1.82) is 0 Å². The molecule has 3 nitrogen and oxygen atoms in total. The van der Waals surface area contributed by atoms with E-state index in [1.54, 1.807) is 0 Å². The number of anilines is 1. The molecular formula is C14H11F4NO2. The van der Waals surface area contributed by atoms with Gasteiger partial charge in [-0.1, -0.05) is 0 Å². The van der Waals surface area contributed by atoms with Crippen molar-refractivity contribution in [3.63, 3.8) is 0 Å². The fourth-order valence-corrected chi connectivity index (χ4v) is 1.63. The second-order valence-electron chi connectivity index (χ2n) is 4.15. The van der Waals surface area contributed by atoms with Gasteiger partial charge in [-0.15, -0.1) is 0 Å². The zero-order valence-corrected chi connectivity index (χ0v) is 10.9. The van der Waals surface area contributed by atoms with Crippen LogP contribution in [0, 0.1) is 5.82 Å². The lowest BCUT2D eigenvalue weighted by Gasteiger charge is -2.12. The molecule has 0 aromatic heterocycles. The van der Waals surface area contributed by atoms with E-state index in [2.05, 4.69) is 0 Å². The maximum Gasteiger partial charge on any atom is 0.416 e. The van der Waals surface area contributed by atoms with Gasteiger partial charge in [-0.2, -0.15) is 13.2 Å². The lowest BCUT2D eigenvalue weighted by atomic mass is 10.2. The largest absolute Gasteiger partial charge is 0.494 e. The minimum atomic E-state index is -4.42. The minimum absolute atomic E-state index is 0.00759. The number of alkyl halides is 3. The topological polar surface area (TPSA) is 44.5 Å². The summed E-state index contributed by atoms with van der Waals surface area (Å²) in [4.78, 5) is 0. The summed E-state index contributed by atoms with van der Waals surface area (Å²) >= 11 is 0. The number of rotatable bonds is 3. The molecule has 0 atom stereocenters. The Morgan fingerprint density at radius 3 is 2.14 bits per heavy atom. The highest BCUT2D eigenvalue weighted by molar-refractivity contribution is 5.57. The maximum atomic E-state index is 13.4. The molecular weight excluding hydrogens is 290 g/mol. The highest BCUT2D eigenvalue weighted by atomic mass is 19.4. The Bertz CT molecular complexity index is 639. The van der Waals surface area contributed by atoms with Gasteiger partial charge in [0.1, 0.15) is 5.75 Å². The Balaban J connectivity index is 2.26. The van der Waals surface area contributed by atoms with Crippen molar-refractivity contribution in [2.75, 3.05) is 12.8 Å². The van der Waals surface area contributed by atoms with E-state index >= 15 is 0 Å². The molecule has 0 aliphatic heterocycles. The van der Waals surface area contributed by atoms with Crippen LogP contribution in [0.25, 0.3) is 0 Å². The number of halogens is 4. The van der Waals surface area contributed by atoms with Crippen molar-refractivity contribution in [2.24, 2.45) is 0 Å². The molecule has 0 saturated heterocycles. The number of hydrogen-bond acceptors (Lipinski definition) is 3. The van der Waals surface area contributed by atoms with Gasteiger partial charge in [0.25, 0.3) is 0 Å². The van der Waals surface area contributed by atoms with Crippen LogP contribution in [0.3, 0.4) is 0 Å². The Morgan fingerprint density at radius 1 is 1.00 bits per heavy atom. The summed E-state index contributed by atoms with van der Waals surface area (Å²) < 4.78 is 60.8. The lowest BCUT2D eigenvalue weighted by Crippen LogP contribution is -2.04. The van der Waals surface area contributed by atoms with Crippen molar-refractivity contribution < 1.29 is 27.0 Å². The van der Waals surface area contributed by atoms with E-state index in [1.807, 2.05) is 0 Å². The predicted molar refractivity (Wildman–Crippen MR) is 68.9 cm³/mol. The van der Waals surface area contributed by atoms with Crippen molar-refractivity contribution in [1.82, 2.24) is 0 Å². The molecule has 0 amide bonds. The first-order valence-electron chi connectivity index (χ1n) is 5.79. The first kappa shape index (κ1) is 15.0. The third-order valence-electron chi connectivity index (χ3n) is 2.69. The molecule has 2 aromatic carbocycles. The molecule has 21 heavy (non-hydrogen) atoms. The van der Waals surface area contributed by atoms with Gasteiger partial charge in [0.2, 0.25) is 0 Å². The minimum Gasteiger partial charge on any atom is -0.494 e. The van der Waals surface area contributed by atoms with Gasteiger partial charge in [-0.05, 0) is 24.3 Å². The van der Waals surface area contributed by atoms with Crippen molar-refractivity contribution in [3.8, 4) is 17.2 Å². The zero-order chi connectivity index (χ0) is 15.6. The van der Waals surface area contributed by atoms with Crippen LogP contribution in [0.5, 0.6) is 17.2 Å². The van der Waals surface area contributed by atoms with Gasteiger partial charge in [-0.3, -0.25) is 0 Å². The van der Waals surface area contributed by atoms with Gasteiger partial charge in [0.15, 0.2) is 17.3 Å². The van der Waals surface area contributed by atoms with Crippen LogP contribution in [0.1, 0.15) is 5.56 Å². The fourth-order valence-electron chi connectivity index (χ4n) is 1.63. The van der Waals surface area contributed by atoms with E-state index in [0.717, 1.165) is 30.3 Å². The number of methoxy groups -OCH3 is 1. The summed E-state index contributed by atoms with van der Waals surface area (Å²) in [6.07, 6.45) is -4.42. The van der Waals surface area contributed by atoms with Gasteiger partial charge in [0, 0.05) is 12.1 Å². The third-order valence-corrected chi connectivity index (χ3v) is 2.69. The van der Waals surface area contributed by atoms with E-state index in [9.17, 15) is 17.6 Å². The Morgan fingerprint density at radius 2 is 1.62 bits per heavy atom. The van der Waals surface area contributed by atoms with Crippen LogP contribution in [-0.2, 0) is 6.18 Å². The van der Waals surface area contributed by atoms with E-state index in [0.29, 0.717) is 0 Å². The summed E-state index contributed by atoms with van der Waals surface area (Å²) in [7, 11) is 1.27. The van der Waals surface area contributed by atoms with Crippen molar-refractivity contribution in [2.45, 2.75) is 6.18 Å². The SMILES string of the molecule is COc1cc(Oc2ccc(C(F)(F)F)cc2)c(N)cc1F. The average Bonchev–Trinajstić information content (AvgIpc) is 2.41. The molecule has 7 heteroatoms. The van der Waals surface area contributed by atoms with Crippen LogP contribution in [-0.4, -0.2) is 7.11 Å². The molecule has 112 valence electrons. The quantitative estimate of drug-likeness (QED) is 0.681. The monoisotopic (exact) mass is 301 g/mol. The van der Waals surface area contributed by atoms with E-state index in [-0.39, 0.29) is 22.9 Å². The number of benzene rings is 2. The van der Waals surface area contributed by atoms with Gasteiger partial charge >= 0.3 is 6.18 Å².